The van der Waals surface area contributed by atoms with Crippen molar-refractivity contribution in [3.8, 4) is 0 Å². The summed E-state index contributed by atoms with van der Waals surface area (Å²) in [5, 5.41) is 0.499. The standard InChI is InChI=1S/C12H9ClF3N/c13-10-4-1-5-11(7-10)17-6-2-3-9(8-17)12(14,15)16/h1-7H,8H2. The first-order chi connectivity index (χ1) is 7.97. The van der Waals surface area contributed by atoms with E-state index in [2.05, 4.69) is 0 Å². The first kappa shape index (κ1) is 12.0. The van der Waals surface area contributed by atoms with E-state index in [9.17, 15) is 13.2 Å². The number of anilines is 1. The molecule has 0 fully saturated rings. The molecule has 1 aromatic rings. The van der Waals surface area contributed by atoms with Gasteiger partial charge in [0.25, 0.3) is 0 Å². The zero-order valence-electron chi connectivity index (χ0n) is 8.71. The Labute approximate surface area is 102 Å². The van der Waals surface area contributed by atoms with Crippen molar-refractivity contribution in [3.05, 3.63) is 53.2 Å². The SMILES string of the molecule is FC(F)(F)C1=CC=CN(c2cccc(Cl)c2)C1. The number of nitrogens with zero attached hydrogens (tertiary/aromatic N) is 1. The molecule has 5 heteroatoms. The van der Waals surface area contributed by atoms with E-state index in [1.807, 2.05) is 0 Å². The molecule has 0 unspecified atom stereocenters. The number of alkyl halides is 3. The van der Waals surface area contributed by atoms with Crippen molar-refractivity contribution >= 4 is 17.3 Å². The Morgan fingerprint density at radius 3 is 2.65 bits per heavy atom. The van der Waals surface area contributed by atoms with E-state index in [1.54, 1.807) is 30.5 Å². The summed E-state index contributed by atoms with van der Waals surface area (Å²) in [7, 11) is 0. The summed E-state index contributed by atoms with van der Waals surface area (Å²) >= 11 is 5.80. The lowest BCUT2D eigenvalue weighted by atomic mass is 10.1. The Bertz CT molecular complexity index is 477. The molecule has 1 aliphatic rings. The quantitative estimate of drug-likeness (QED) is 0.732. The van der Waals surface area contributed by atoms with Crippen molar-refractivity contribution in [1.82, 2.24) is 0 Å². The highest BCUT2D eigenvalue weighted by Gasteiger charge is 2.34. The molecule has 1 aromatic carbocycles. The third-order valence-corrected chi connectivity index (χ3v) is 2.64. The van der Waals surface area contributed by atoms with Crippen LogP contribution in [0, 0.1) is 0 Å². The van der Waals surface area contributed by atoms with Gasteiger partial charge in [-0.1, -0.05) is 23.7 Å². The Hall–Kier alpha value is -1.42. The molecular formula is C12H9ClF3N. The number of rotatable bonds is 1. The van der Waals surface area contributed by atoms with Crippen LogP contribution in [0.3, 0.4) is 0 Å². The largest absolute Gasteiger partial charge is 0.414 e. The van der Waals surface area contributed by atoms with E-state index in [0.29, 0.717) is 10.7 Å². The van der Waals surface area contributed by atoms with E-state index in [1.165, 1.54) is 11.0 Å². The highest BCUT2D eigenvalue weighted by Crippen LogP contribution is 2.30. The van der Waals surface area contributed by atoms with Crippen molar-refractivity contribution in [2.24, 2.45) is 0 Å². The molecule has 0 spiro atoms. The van der Waals surface area contributed by atoms with Crippen LogP contribution in [0.15, 0.2) is 48.2 Å². The third kappa shape index (κ3) is 2.82. The fourth-order valence-electron chi connectivity index (χ4n) is 1.57. The molecule has 0 bridgehead atoms. The number of hydrogen-bond donors (Lipinski definition) is 0. The van der Waals surface area contributed by atoms with Crippen molar-refractivity contribution in [1.29, 1.82) is 0 Å². The predicted molar refractivity (Wildman–Crippen MR) is 62.1 cm³/mol. The smallest absolute Gasteiger partial charge is 0.343 e. The summed E-state index contributed by atoms with van der Waals surface area (Å²) in [6, 6.07) is 6.73. The van der Waals surface area contributed by atoms with Gasteiger partial charge in [0.05, 0.1) is 12.1 Å². The fourth-order valence-corrected chi connectivity index (χ4v) is 1.75. The fraction of sp³-hybridized carbons (Fsp3) is 0.167. The monoisotopic (exact) mass is 259 g/mol. The Kier molecular flexibility index (Phi) is 3.15. The Balaban J connectivity index is 2.22. The van der Waals surface area contributed by atoms with Gasteiger partial charge in [-0.2, -0.15) is 13.2 Å². The minimum Gasteiger partial charge on any atom is -0.343 e. The second kappa shape index (κ2) is 4.45. The van der Waals surface area contributed by atoms with Gasteiger partial charge in [-0.15, -0.1) is 0 Å². The normalized spacial score (nSPS) is 16.0. The number of hydrogen-bond acceptors (Lipinski definition) is 1. The minimum absolute atomic E-state index is 0.194. The molecule has 0 aliphatic carbocycles. The Morgan fingerprint density at radius 2 is 2.00 bits per heavy atom. The molecule has 2 rings (SSSR count). The summed E-state index contributed by atoms with van der Waals surface area (Å²) in [6.07, 6.45) is -0.225. The highest BCUT2D eigenvalue weighted by molar-refractivity contribution is 6.30. The summed E-state index contributed by atoms with van der Waals surface area (Å²) in [6.45, 7) is -0.194. The van der Waals surface area contributed by atoms with E-state index < -0.39 is 11.7 Å². The van der Waals surface area contributed by atoms with Crippen LogP contribution in [0.25, 0.3) is 0 Å². The molecule has 0 saturated carbocycles. The second-order valence-electron chi connectivity index (χ2n) is 3.64. The molecule has 1 heterocycles. The average Bonchev–Trinajstić information content (AvgIpc) is 2.28. The molecule has 0 atom stereocenters. The molecular weight excluding hydrogens is 251 g/mol. The molecule has 17 heavy (non-hydrogen) atoms. The van der Waals surface area contributed by atoms with Crippen molar-refractivity contribution in [3.63, 3.8) is 0 Å². The van der Waals surface area contributed by atoms with Gasteiger partial charge in [0.1, 0.15) is 0 Å². The van der Waals surface area contributed by atoms with Crippen LogP contribution in [0.5, 0.6) is 0 Å². The molecule has 1 nitrogen and oxygen atoms in total. The van der Waals surface area contributed by atoms with Gasteiger partial charge in [-0.25, -0.2) is 0 Å². The maximum atomic E-state index is 12.6. The van der Waals surface area contributed by atoms with Crippen molar-refractivity contribution < 1.29 is 13.2 Å². The maximum absolute atomic E-state index is 12.6. The van der Waals surface area contributed by atoms with E-state index in [4.69, 9.17) is 11.6 Å². The minimum atomic E-state index is -4.29. The van der Waals surface area contributed by atoms with Gasteiger partial charge in [0.2, 0.25) is 0 Å². The van der Waals surface area contributed by atoms with Crippen LogP contribution in [0.1, 0.15) is 0 Å². The number of benzene rings is 1. The molecule has 0 aromatic heterocycles. The first-order valence-corrected chi connectivity index (χ1v) is 5.31. The number of allylic oxidation sites excluding steroid dienone is 2. The number of halogens is 4. The molecule has 0 N–H and O–H groups in total. The van der Waals surface area contributed by atoms with Gasteiger partial charge in [-0.05, 0) is 24.3 Å². The molecule has 0 saturated heterocycles. The van der Waals surface area contributed by atoms with Crippen LogP contribution in [-0.2, 0) is 0 Å². The third-order valence-electron chi connectivity index (χ3n) is 2.41. The maximum Gasteiger partial charge on any atom is 0.414 e. The van der Waals surface area contributed by atoms with E-state index >= 15 is 0 Å². The van der Waals surface area contributed by atoms with Gasteiger partial charge >= 0.3 is 6.18 Å². The lowest BCUT2D eigenvalue weighted by Crippen LogP contribution is -2.28. The lowest BCUT2D eigenvalue weighted by Gasteiger charge is -2.25. The van der Waals surface area contributed by atoms with Crippen LogP contribution in [0.2, 0.25) is 5.02 Å². The summed E-state index contributed by atoms with van der Waals surface area (Å²) < 4.78 is 37.7. The van der Waals surface area contributed by atoms with Crippen LogP contribution < -0.4 is 4.90 Å². The van der Waals surface area contributed by atoms with Crippen LogP contribution >= 0.6 is 11.6 Å². The molecule has 1 aliphatic heterocycles. The lowest BCUT2D eigenvalue weighted by molar-refractivity contribution is -0.0923. The van der Waals surface area contributed by atoms with Gasteiger partial charge in [0, 0.05) is 16.9 Å². The van der Waals surface area contributed by atoms with Gasteiger partial charge < -0.3 is 4.90 Å². The highest BCUT2D eigenvalue weighted by atomic mass is 35.5. The zero-order chi connectivity index (χ0) is 12.5. The van der Waals surface area contributed by atoms with Gasteiger partial charge in [0.15, 0.2) is 0 Å². The van der Waals surface area contributed by atoms with E-state index in [0.717, 1.165) is 6.08 Å². The first-order valence-electron chi connectivity index (χ1n) is 4.93. The Morgan fingerprint density at radius 1 is 1.24 bits per heavy atom. The molecule has 0 radical (unpaired) electrons. The van der Waals surface area contributed by atoms with Crippen LogP contribution in [-0.4, -0.2) is 12.7 Å². The molecule has 0 amide bonds. The van der Waals surface area contributed by atoms with Crippen molar-refractivity contribution in [2.45, 2.75) is 6.18 Å². The summed E-state index contributed by atoms with van der Waals surface area (Å²) in [5.74, 6) is 0. The zero-order valence-corrected chi connectivity index (χ0v) is 9.46. The molecule has 90 valence electrons. The summed E-state index contributed by atoms with van der Waals surface area (Å²) in [4.78, 5) is 1.51. The van der Waals surface area contributed by atoms with Crippen molar-refractivity contribution in [2.75, 3.05) is 11.4 Å². The summed E-state index contributed by atoms with van der Waals surface area (Å²) in [5.41, 5.74) is 0.0728. The topological polar surface area (TPSA) is 3.24 Å². The van der Waals surface area contributed by atoms with Crippen LogP contribution in [0.4, 0.5) is 18.9 Å². The predicted octanol–water partition coefficient (Wildman–Crippen LogP) is 4.16. The van der Waals surface area contributed by atoms with E-state index in [-0.39, 0.29) is 6.54 Å². The van der Waals surface area contributed by atoms with Gasteiger partial charge in [-0.3, -0.25) is 0 Å². The average molecular weight is 260 g/mol. The second-order valence-corrected chi connectivity index (χ2v) is 4.08.